The molecule has 2 heterocycles. The molecule has 1 atom stereocenters. The number of pyridine rings is 1. The van der Waals surface area contributed by atoms with Crippen LogP contribution >= 0.6 is 11.8 Å². The lowest BCUT2D eigenvalue weighted by Gasteiger charge is -2.15. The average molecular weight is 354 g/mol. The number of thioether (sulfide) groups is 1. The number of terminal acetylenes is 1. The number of carbonyl (C=O) groups excluding carboxylic acids is 2. The summed E-state index contributed by atoms with van der Waals surface area (Å²) in [4.78, 5) is 30.3. The molecule has 0 aliphatic carbocycles. The Morgan fingerprint density at radius 3 is 2.96 bits per heavy atom. The molecule has 0 radical (unpaired) electrons. The minimum absolute atomic E-state index is 0.0342. The summed E-state index contributed by atoms with van der Waals surface area (Å²) in [7, 11) is 0. The van der Waals surface area contributed by atoms with Gasteiger partial charge >= 0.3 is 0 Å². The van der Waals surface area contributed by atoms with Crippen molar-refractivity contribution >= 4 is 23.6 Å². The summed E-state index contributed by atoms with van der Waals surface area (Å²) in [5.74, 6) is 1.66. The van der Waals surface area contributed by atoms with Crippen molar-refractivity contribution in [3.05, 3.63) is 40.7 Å². The summed E-state index contributed by atoms with van der Waals surface area (Å²) >= 11 is 1.27. The van der Waals surface area contributed by atoms with Crippen LogP contribution in [-0.2, 0) is 16.0 Å². The molecule has 2 amide bonds. The molecule has 1 aromatic heterocycles. The fourth-order valence-corrected chi connectivity index (χ4v) is 3.79. The number of nitrogens with zero attached hydrogens (tertiary/aromatic N) is 3. The Hall–Kier alpha value is -2.77. The zero-order valence-electron chi connectivity index (χ0n) is 13.9. The maximum absolute atomic E-state index is 12.6. The molecule has 1 fully saturated rings. The first-order chi connectivity index (χ1) is 12.1. The fraction of sp³-hybridized carbons (Fsp3) is 0.333. The summed E-state index contributed by atoms with van der Waals surface area (Å²) in [5, 5.41) is 11.9. The predicted molar refractivity (Wildman–Crippen MR) is 95.8 cm³/mol. The topological polar surface area (TPSA) is 86.1 Å². The fourth-order valence-electron chi connectivity index (χ4n) is 2.46. The average Bonchev–Trinajstić information content (AvgIpc) is 2.95. The highest BCUT2D eigenvalue weighted by atomic mass is 32.2. The number of nitriles is 1. The first kappa shape index (κ1) is 18.6. The lowest BCUT2D eigenvalue weighted by atomic mass is 10.1. The van der Waals surface area contributed by atoms with E-state index in [1.165, 1.54) is 16.7 Å². The minimum atomic E-state index is -0.554. The first-order valence-electron chi connectivity index (χ1n) is 7.85. The van der Waals surface area contributed by atoms with Gasteiger partial charge in [-0.15, -0.1) is 6.42 Å². The van der Waals surface area contributed by atoms with Crippen molar-refractivity contribution in [1.29, 1.82) is 5.26 Å². The summed E-state index contributed by atoms with van der Waals surface area (Å²) in [6.45, 7) is 2.25. The monoisotopic (exact) mass is 354 g/mol. The van der Waals surface area contributed by atoms with Gasteiger partial charge in [-0.25, -0.2) is 0 Å². The first-order valence-corrected chi connectivity index (χ1v) is 8.73. The predicted octanol–water partition coefficient (Wildman–Crippen LogP) is 1.46. The largest absolute Gasteiger partial charge is 0.340 e. The molecule has 0 aromatic carbocycles. The second-order valence-electron chi connectivity index (χ2n) is 5.27. The summed E-state index contributed by atoms with van der Waals surface area (Å²) in [6.07, 6.45) is 9.91. The van der Waals surface area contributed by atoms with E-state index in [9.17, 15) is 14.9 Å². The molecule has 1 aliphatic heterocycles. The second kappa shape index (κ2) is 8.91. The quantitative estimate of drug-likeness (QED) is 0.475. The third-order valence-electron chi connectivity index (χ3n) is 3.68. The van der Waals surface area contributed by atoms with Crippen molar-refractivity contribution in [2.45, 2.75) is 25.0 Å². The number of amides is 2. The minimum Gasteiger partial charge on any atom is -0.340 e. The maximum atomic E-state index is 12.6. The molecule has 0 bridgehead atoms. The third kappa shape index (κ3) is 4.40. The molecular weight excluding hydrogens is 336 g/mol. The number of nitrogens with one attached hydrogen (secondary N) is 1. The van der Waals surface area contributed by atoms with Crippen LogP contribution in [0.2, 0.25) is 0 Å². The molecule has 128 valence electrons. The summed E-state index contributed by atoms with van der Waals surface area (Å²) in [5.41, 5.74) is 0.975. The number of carbonyl (C=O) groups is 2. The Kier molecular flexibility index (Phi) is 6.62. The van der Waals surface area contributed by atoms with Gasteiger partial charge in [-0.05, 0) is 31.4 Å². The van der Waals surface area contributed by atoms with Gasteiger partial charge in [0.2, 0.25) is 5.91 Å². The molecule has 6 nitrogen and oxygen atoms in total. The Morgan fingerprint density at radius 2 is 2.36 bits per heavy atom. The summed E-state index contributed by atoms with van der Waals surface area (Å²) < 4.78 is 0. The van der Waals surface area contributed by atoms with Crippen LogP contribution in [0.1, 0.15) is 18.9 Å². The second-order valence-corrected chi connectivity index (χ2v) is 6.46. The zero-order valence-corrected chi connectivity index (χ0v) is 14.7. The van der Waals surface area contributed by atoms with Crippen molar-refractivity contribution < 1.29 is 9.59 Å². The SMILES string of the molecule is C#CCNC(=O)/C(C#N)=C1\SC(CCc2cccnc2)C(=O)N1CC. The zero-order chi connectivity index (χ0) is 18.2. The van der Waals surface area contributed by atoms with E-state index in [1.807, 2.05) is 25.1 Å². The van der Waals surface area contributed by atoms with Gasteiger partial charge in [0.05, 0.1) is 11.8 Å². The van der Waals surface area contributed by atoms with E-state index in [4.69, 9.17) is 6.42 Å². The lowest BCUT2D eigenvalue weighted by molar-refractivity contribution is -0.127. The molecule has 1 N–H and O–H groups in total. The number of aryl methyl sites for hydroxylation is 1. The van der Waals surface area contributed by atoms with E-state index < -0.39 is 5.91 Å². The van der Waals surface area contributed by atoms with Crippen molar-refractivity contribution in [3.8, 4) is 18.4 Å². The van der Waals surface area contributed by atoms with Gasteiger partial charge in [0.1, 0.15) is 16.7 Å². The number of hydrogen-bond acceptors (Lipinski definition) is 5. The Morgan fingerprint density at radius 1 is 1.56 bits per heavy atom. The van der Waals surface area contributed by atoms with Gasteiger partial charge in [-0.3, -0.25) is 14.6 Å². The van der Waals surface area contributed by atoms with E-state index in [0.717, 1.165) is 5.56 Å². The van der Waals surface area contributed by atoms with E-state index in [1.54, 1.807) is 12.4 Å². The van der Waals surface area contributed by atoms with E-state index >= 15 is 0 Å². The van der Waals surface area contributed by atoms with Crippen LogP contribution in [0.5, 0.6) is 0 Å². The molecule has 1 unspecified atom stereocenters. The molecule has 2 rings (SSSR count). The van der Waals surface area contributed by atoms with Crippen molar-refractivity contribution in [3.63, 3.8) is 0 Å². The van der Waals surface area contributed by atoms with Crippen molar-refractivity contribution in [2.75, 3.05) is 13.1 Å². The van der Waals surface area contributed by atoms with Crippen LogP contribution < -0.4 is 5.32 Å². The molecule has 1 aromatic rings. The molecule has 1 aliphatic rings. The van der Waals surface area contributed by atoms with E-state index in [0.29, 0.717) is 24.4 Å². The highest BCUT2D eigenvalue weighted by molar-refractivity contribution is 8.04. The highest BCUT2D eigenvalue weighted by Gasteiger charge is 2.38. The Bertz CT molecular complexity index is 762. The third-order valence-corrected chi connectivity index (χ3v) is 5.05. The summed E-state index contributed by atoms with van der Waals surface area (Å²) in [6, 6.07) is 5.72. The number of rotatable bonds is 6. The lowest BCUT2D eigenvalue weighted by Crippen LogP contribution is -2.31. The van der Waals surface area contributed by atoms with Gasteiger partial charge in [-0.1, -0.05) is 23.7 Å². The molecule has 25 heavy (non-hydrogen) atoms. The van der Waals surface area contributed by atoms with E-state index in [2.05, 4.69) is 16.2 Å². The van der Waals surface area contributed by atoms with Crippen LogP contribution in [0.25, 0.3) is 0 Å². The van der Waals surface area contributed by atoms with Gasteiger partial charge in [-0.2, -0.15) is 5.26 Å². The van der Waals surface area contributed by atoms with Crippen LogP contribution in [0.3, 0.4) is 0 Å². The van der Waals surface area contributed by atoms with Gasteiger partial charge in [0, 0.05) is 18.9 Å². The molecule has 7 heteroatoms. The normalized spacial score (nSPS) is 18.4. The Labute approximate surface area is 151 Å². The van der Waals surface area contributed by atoms with Crippen LogP contribution in [0.4, 0.5) is 0 Å². The molecule has 1 saturated heterocycles. The Balaban J connectivity index is 2.18. The van der Waals surface area contributed by atoms with Crippen LogP contribution in [0.15, 0.2) is 35.1 Å². The van der Waals surface area contributed by atoms with E-state index in [-0.39, 0.29) is 23.3 Å². The van der Waals surface area contributed by atoms with Crippen molar-refractivity contribution in [1.82, 2.24) is 15.2 Å². The standard InChI is InChI=1S/C18H18N4O2S/c1-3-9-21-16(23)14(11-19)18-22(4-2)17(24)15(25-18)8-7-13-6-5-10-20-12-13/h1,5-6,10,12,15H,4,7-9H2,2H3,(H,21,23)/b18-14-. The maximum Gasteiger partial charge on any atom is 0.265 e. The van der Waals surface area contributed by atoms with Gasteiger partial charge in [0.25, 0.3) is 5.91 Å². The van der Waals surface area contributed by atoms with Gasteiger partial charge < -0.3 is 10.2 Å². The highest BCUT2D eigenvalue weighted by Crippen LogP contribution is 2.39. The smallest absolute Gasteiger partial charge is 0.265 e. The number of aromatic nitrogens is 1. The van der Waals surface area contributed by atoms with Crippen LogP contribution in [0, 0.1) is 23.7 Å². The van der Waals surface area contributed by atoms with Crippen LogP contribution in [-0.4, -0.2) is 40.0 Å². The molecule has 0 saturated carbocycles. The molecule has 0 spiro atoms. The van der Waals surface area contributed by atoms with Gasteiger partial charge in [0.15, 0.2) is 0 Å². The van der Waals surface area contributed by atoms with Crippen molar-refractivity contribution in [2.24, 2.45) is 0 Å². The molecular formula is C18H18N4O2S. The number of hydrogen-bond donors (Lipinski definition) is 1.